The largest absolute Gasteiger partial charge is 0.396 e. The monoisotopic (exact) mass is 245 g/mol. The Morgan fingerprint density at radius 1 is 1.38 bits per heavy atom. The number of benzene rings is 1. The Hall–Kier alpha value is -0.640. The van der Waals surface area contributed by atoms with Crippen LogP contribution in [0.15, 0.2) is 18.2 Å². The average Bonchev–Trinajstić information content (AvgIpc) is 2.24. The van der Waals surface area contributed by atoms with E-state index in [2.05, 4.69) is 0 Å². The third kappa shape index (κ3) is 4.47. The minimum absolute atomic E-state index is 0.208. The van der Waals surface area contributed by atoms with Gasteiger partial charge in [0.1, 0.15) is 5.82 Å². The van der Waals surface area contributed by atoms with E-state index < -0.39 is 0 Å². The summed E-state index contributed by atoms with van der Waals surface area (Å²) in [5.74, 6) is -0.224. The van der Waals surface area contributed by atoms with Gasteiger partial charge in [-0.15, -0.1) is 0 Å². The highest BCUT2D eigenvalue weighted by atomic mass is 35.5. The SMILES string of the molecule is CN(CCCCO)Cc1cc(Cl)ccc1F. The molecule has 1 N–H and O–H groups in total. The van der Waals surface area contributed by atoms with Gasteiger partial charge >= 0.3 is 0 Å². The number of unbranched alkanes of at least 4 members (excludes halogenated alkanes) is 1. The Balaban J connectivity index is 2.48. The summed E-state index contributed by atoms with van der Waals surface area (Å²) in [6.45, 7) is 1.59. The maximum atomic E-state index is 13.4. The minimum atomic E-state index is -0.224. The molecule has 0 bridgehead atoms. The number of rotatable bonds is 6. The third-order valence-electron chi connectivity index (χ3n) is 2.40. The number of nitrogens with zero attached hydrogens (tertiary/aromatic N) is 1. The molecule has 0 saturated heterocycles. The van der Waals surface area contributed by atoms with Gasteiger partial charge in [0.25, 0.3) is 0 Å². The van der Waals surface area contributed by atoms with Crippen LogP contribution in [0, 0.1) is 5.82 Å². The number of hydrogen-bond donors (Lipinski definition) is 1. The van der Waals surface area contributed by atoms with E-state index in [0.29, 0.717) is 17.1 Å². The van der Waals surface area contributed by atoms with E-state index in [9.17, 15) is 4.39 Å². The first-order valence-corrected chi connectivity index (χ1v) is 5.74. The van der Waals surface area contributed by atoms with Crippen LogP contribution < -0.4 is 0 Å². The molecule has 0 aliphatic rings. The molecule has 0 amide bonds. The van der Waals surface area contributed by atoms with Crippen LogP contribution in [0.4, 0.5) is 4.39 Å². The molecule has 0 aromatic heterocycles. The van der Waals surface area contributed by atoms with Crippen molar-refractivity contribution < 1.29 is 9.50 Å². The van der Waals surface area contributed by atoms with Gasteiger partial charge in [-0.3, -0.25) is 0 Å². The second-order valence-corrected chi connectivity index (χ2v) is 4.34. The summed E-state index contributed by atoms with van der Waals surface area (Å²) in [6.07, 6.45) is 1.69. The molecule has 0 heterocycles. The van der Waals surface area contributed by atoms with Crippen molar-refractivity contribution in [2.24, 2.45) is 0 Å². The predicted octanol–water partition coefficient (Wildman–Crippen LogP) is 2.68. The molecule has 16 heavy (non-hydrogen) atoms. The van der Waals surface area contributed by atoms with E-state index in [4.69, 9.17) is 16.7 Å². The van der Waals surface area contributed by atoms with Crippen molar-refractivity contribution >= 4 is 11.6 Å². The second-order valence-electron chi connectivity index (χ2n) is 3.90. The molecule has 90 valence electrons. The number of hydrogen-bond acceptors (Lipinski definition) is 2. The van der Waals surface area contributed by atoms with Crippen LogP contribution in [-0.4, -0.2) is 30.2 Å². The van der Waals surface area contributed by atoms with Crippen molar-refractivity contribution in [2.75, 3.05) is 20.2 Å². The molecular weight excluding hydrogens is 229 g/mol. The predicted molar refractivity (Wildman–Crippen MR) is 64.1 cm³/mol. The first kappa shape index (κ1) is 13.4. The van der Waals surface area contributed by atoms with Crippen LogP contribution in [0.25, 0.3) is 0 Å². The highest BCUT2D eigenvalue weighted by Gasteiger charge is 2.06. The van der Waals surface area contributed by atoms with Crippen molar-refractivity contribution in [1.82, 2.24) is 4.90 Å². The second kappa shape index (κ2) is 6.84. The summed E-state index contributed by atoms with van der Waals surface area (Å²) in [5.41, 5.74) is 0.610. The summed E-state index contributed by atoms with van der Waals surface area (Å²) in [6, 6.07) is 4.59. The maximum Gasteiger partial charge on any atom is 0.127 e. The lowest BCUT2D eigenvalue weighted by atomic mass is 10.2. The normalized spacial score (nSPS) is 11.1. The molecule has 0 aliphatic carbocycles. The summed E-state index contributed by atoms with van der Waals surface area (Å²) in [7, 11) is 1.93. The van der Waals surface area contributed by atoms with Crippen LogP contribution in [0.3, 0.4) is 0 Å². The van der Waals surface area contributed by atoms with Crippen molar-refractivity contribution in [3.8, 4) is 0 Å². The zero-order chi connectivity index (χ0) is 12.0. The molecule has 1 rings (SSSR count). The van der Waals surface area contributed by atoms with E-state index in [1.165, 1.54) is 6.07 Å². The Labute approximate surface area is 101 Å². The standard InChI is InChI=1S/C12H17ClFNO/c1-15(6-2-3-7-16)9-10-8-11(13)4-5-12(10)14/h4-5,8,16H,2-3,6-7,9H2,1H3. The van der Waals surface area contributed by atoms with E-state index in [0.717, 1.165) is 19.4 Å². The fourth-order valence-corrected chi connectivity index (χ4v) is 1.72. The summed E-state index contributed by atoms with van der Waals surface area (Å²) in [5, 5.41) is 9.21. The lowest BCUT2D eigenvalue weighted by Crippen LogP contribution is -2.20. The van der Waals surface area contributed by atoms with Crippen molar-refractivity contribution in [3.05, 3.63) is 34.6 Å². The number of aliphatic hydroxyl groups is 1. The van der Waals surface area contributed by atoms with Gasteiger partial charge in [-0.1, -0.05) is 11.6 Å². The fraction of sp³-hybridized carbons (Fsp3) is 0.500. The van der Waals surface area contributed by atoms with Crippen molar-refractivity contribution in [1.29, 1.82) is 0 Å². The van der Waals surface area contributed by atoms with Gasteiger partial charge in [-0.2, -0.15) is 0 Å². The zero-order valence-electron chi connectivity index (χ0n) is 9.42. The molecule has 2 nitrogen and oxygen atoms in total. The number of aliphatic hydroxyl groups excluding tert-OH is 1. The van der Waals surface area contributed by atoms with Crippen LogP contribution in [0.2, 0.25) is 5.02 Å². The lowest BCUT2D eigenvalue weighted by Gasteiger charge is -2.16. The van der Waals surface area contributed by atoms with Gasteiger partial charge in [-0.25, -0.2) is 4.39 Å². The molecule has 0 saturated carbocycles. The van der Waals surface area contributed by atoms with E-state index in [1.807, 2.05) is 11.9 Å². The van der Waals surface area contributed by atoms with Crippen LogP contribution in [-0.2, 0) is 6.54 Å². The Bertz CT molecular complexity index is 333. The molecular formula is C12H17ClFNO. The molecule has 0 radical (unpaired) electrons. The Morgan fingerprint density at radius 3 is 2.81 bits per heavy atom. The van der Waals surface area contributed by atoms with Gasteiger partial charge in [0, 0.05) is 23.7 Å². The molecule has 0 aliphatic heterocycles. The van der Waals surface area contributed by atoms with Gasteiger partial charge in [-0.05, 0) is 44.6 Å². The molecule has 0 spiro atoms. The van der Waals surface area contributed by atoms with E-state index in [1.54, 1.807) is 12.1 Å². The third-order valence-corrected chi connectivity index (χ3v) is 2.63. The van der Waals surface area contributed by atoms with Gasteiger partial charge in [0.2, 0.25) is 0 Å². The highest BCUT2D eigenvalue weighted by Crippen LogP contribution is 2.16. The highest BCUT2D eigenvalue weighted by molar-refractivity contribution is 6.30. The van der Waals surface area contributed by atoms with Crippen LogP contribution >= 0.6 is 11.6 Å². The first-order valence-electron chi connectivity index (χ1n) is 5.37. The average molecular weight is 246 g/mol. The molecule has 1 aromatic rings. The van der Waals surface area contributed by atoms with E-state index in [-0.39, 0.29) is 12.4 Å². The fourth-order valence-electron chi connectivity index (χ4n) is 1.53. The number of halogens is 2. The van der Waals surface area contributed by atoms with Crippen molar-refractivity contribution in [3.63, 3.8) is 0 Å². The lowest BCUT2D eigenvalue weighted by molar-refractivity contribution is 0.260. The summed E-state index contributed by atoms with van der Waals surface area (Å²) < 4.78 is 13.4. The topological polar surface area (TPSA) is 23.5 Å². The summed E-state index contributed by atoms with van der Waals surface area (Å²) in [4.78, 5) is 2.02. The quantitative estimate of drug-likeness (QED) is 0.779. The smallest absolute Gasteiger partial charge is 0.127 e. The van der Waals surface area contributed by atoms with Crippen molar-refractivity contribution in [2.45, 2.75) is 19.4 Å². The zero-order valence-corrected chi connectivity index (χ0v) is 10.2. The van der Waals surface area contributed by atoms with Gasteiger partial charge in [0.05, 0.1) is 0 Å². The Morgan fingerprint density at radius 2 is 2.12 bits per heavy atom. The molecule has 0 unspecified atom stereocenters. The van der Waals surface area contributed by atoms with Crippen LogP contribution in [0.5, 0.6) is 0 Å². The van der Waals surface area contributed by atoms with Gasteiger partial charge in [0.15, 0.2) is 0 Å². The summed E-state index contributed by atoms with van der Waals surface area (Å²) >= 11 is 5.81. The van der Waals surface area contributed by atoms with E-state index >= 15 is 0 Å². The molecule has 0 fully saturated rings. The minimum Gasteiger partial charge on any atom is -0.396 e. The molecule has 4 heteroatoms. The maximum absolute atomic E-state index is 13.4. The molecule has 1 aromatic carbocycles. The molecule has 0 atom stereocenters. The van der Waals surface area contributed by atoms with Crippen LogP contribution in [0.1, 0.15) is 18.4 Å². The Kier molecular flexibility index (Phi) is 5.74. The first-order chi connectivity index (χ1) is 7.63. The van der Waals surface area contributed by atoms with Gasteiger partial charge < -0.3 is 10.0 Å².